The van der Waals surface area contributed by atoms with Crippen LogP contribution in [0.1, 0.15) is 38.9 Å². The molecular weight excluding hydrogens is 214 g/mol. The highest BCUT2D eigenvalue weighted by Crippen LogP contribution is 2.24. The molecule has 0 aromatic carbocycles. The average Bonchev–Trinajstić information content (AvgIpc) is 3.01. The zero-order valence-electron chi connectivity index (χ0n) is 10.8. The molecule has 1 aliphatic carbocycles. The maximum absolute atomic E-state index is 9.53. The van der Waals surface area contributed by atoms with Gasteiger partial charge in [0.2, 0.25) is 0 Å². The van der Waals surface area contributed by atoms with Gasteiger partial charge in [-0.05, 0) is 26.2 Å². The number of rotatable bonds is 7. The number of aryl methyl sites for hydroxylation is 2. The zero-order valence-corrected chi connectivity index (χ0v) is 10.8. The number of aliphatic hydroxyl groups excluding tert-OH is 1. The fraction of sp³-hybridized carbons (Fsp3) is 0.769. The standard InChI is InChI=1S/C13H23N3O/c1-3-12-14-7-9-16(12)8-6-13(2,10-17)15-11-4-5-11/h7,9,11,15,17H,3-6,8,10H2,1-2H3. The Morgan fingerprint density at radius 1 is 1.59 bits per heavy atom. The van der Waals surface area contributed by atoms with E-state index < -0.39 is 0 Å². The topological polar surface area (TPSA) is 50.1 Å². The van der Waals surface area contributed by atoms with Crippen LogP contribution in [0.4, 0.5) is 0 Å². The van der Waals surface area contributed by atoms with Crippen LogP contribution in [0.25, 0.3) is 0 Å². The van der Waals surface area contributed by atoms with Crippen molar-refractivity contribution in [1.29, 1.82) is 0 Å². The normalized spacial score (nSPS) is 19.2. The summed E-state index contributed by atoms with van der Waals surface area (Å²) >= 11 is 0. The first-order chi connectivity index (χ1) is 8.17. The van der Waals surface area contributed by atoms with Crippen molar-refractivity contribution in [2.75, 3.05) is 6.61 Å². The van der Waals surface area contributed by atoms with E-state index in [1.807, 2.05) is 12.4 Å². The van der Waals surface area contributed by atoms with Gasteiger partial charge < -0.3 is 15.0 Å². The van der Waals surface area contributed by atoms with E-state index in [1.54, 1.807) is 0 Å². The third kappa shape index (κ3) is 3.30. The van der Waals surface area contributed by atoms with Gasteiger partial charge in [0.1, 0.15) is 5.82 Å². The summed E-state index contributed by atoms with van der Waals surface area (Å²) in [5.74, 6) is 1.12. The maximum Gasteiger partial charge on any atom is 0.108 e. The van der Waals surface area contributed by atoms with Gasteiger partial charge in [0.25, 0.3) is 0 Å². The van der Waals surface area contributed by atoms with E-state index in [0.29, 0.717) is 6.04 Å². The Hall–Kier alpha value is -0.870. The molecule has 1 unspecified atom stereocenters. The summed E-state index contributed by atoms with van der Waals surface area (Å²) in [5, 5.41) is 13.1. The molecule has 1 saturated carbocycles. The SMILES string of the molecule is CCc1nccn1CCC(C)(CO)NC1CC1. The summed E-state index contributed by atoms with van der Waals surface area (Å²) in [6.45, 7) is 5.33. The van der Waals surface area contributed by atoms with Crippen molar-refractivity contribution in [3.63, 3.8) is 0 Å². The molecule has 4 heteroatoms. The van der Waals surface area contributed by atoms with Crippen LogP contribution in [-0.2, 0) is 13.0 Å². The van der Waals surface area contributed by atoms with Gasteiger partial charge in [0.05, 0.1) is 6.61 Å². The third-order valence-electron chi connectivity index (χ3n) is 3.50. The van der Waals surface area contributed by atoms with Gasteiger partial charge >= 0.3 is 0 Å². The Balaban J connectivity index is 1.90. The average molecular weight is 237 g/mol. The minimum absolute atomic E-state index is 0.156. The number of imidazole rings is 1. The Bertz CT molecular complexity index is 359. The molecule has 96 valence electrons. The molecule has 0 amide bonds. The van der Waals surface area contributed by atoms with Gasteiger partial charge in [-0.2, -0.15) is 0 Å². The fourth-order valence-corrected chi connectivity index (χ4v) is 2.14. The molecule has 1 heterocycles. The molecule has 1 aliphatic rings. The third-order valence-corrected chi connectivity index (χ3v) is 3.50. The van der Waals surface area contributed by atoms with Crippen LogP contribution < -0.4 is 5.32 Å². The summed E-state index contributed by atoms with van der Waals surface area (Å²) in [5.41, 5.74) is -0.156. The van der Waals surface area contributed by atoms with Gasteiger partial charge in [0.15, 0.2) is 0 Å². The molecule has 2 N–H and O–H groups in total. The molecule has 0 saturated heterocycles. The second-order valence-electron chi connectivity index (χ2n) is 5.28. The van der Waals surface area contributed by atoms with Gasteiger partial charge in [0, 0.05) is 36.9 Å². The molecular formula is C13H23N3O. The molecule has 2 rings (SSSR count). The molecule has 17 heavy (non-hydrogen) atoms. The minimum atomic E-state index is -0.156. The van der Waals surface area contributed by atoms with E-state index in [4.69, 9.17) is 0 Å². The van der Waals surface area contributed by atoms with E-state index in [1.165, 1.54) is 12.8 Å². The number of aliphatic hydroxyl groups is 1. The summed E-state index contributed by atoms with van der Waals surface area (Å²) < 4.78 is 2.18. The minimum Gasteiger partial charge on any atom is -0.394 e. The Morgan fingerprint density at radius 3 is 2.94 bits per heavy atom. The number of hydrogen-bond donors (Lipinski definition) is 2. The van der Waals surface area contributed by atoms with Crippen LogP contribution >= 0.6 is 0 Å². The largest absolute Gasteiger partial charge is 0.394 e. The quantitative estimate of drug-likeness (QED) is 0.752. The van der Waals surface area contributed by atoms with Crippen LogP contribution in [0.5, 0.6) is 0 Å². The van der Waals surface area contributed by atoms with Crippen molar-refractivity contribution >= 4 is 0 Å². The van der Waals surface area contributed by atoms with E-state index in [9.17, 15) is 5.11 Å². The molecule has 1 atom stereocenters. The van der Waals surface area contributed by atoms with Crippen molar-refractivity contribution in [1.82, 2.24) is 14.9 Å². The van der Waals surface area contributed by atoms with Crippen LogP contribution in [0.15, 0.2) is 12.4 Å². The van der Waals surface area contributed by atoms with Gasteiger partial charge in [-0.1, -0.05) is 6.92 Å². The number of nitrogens with zero attached hydrogens (tertiary/aromatic N) is 2. The second kappa shape index (κ2) is 5.19. The lowest BCUT2D eigenvalue weighted by molar-refractivity contribution is 0.158. The number of nitrogens with one attached hydrogen (secondary N) is 1. The van der Waals surface area contributed by atoms with E-state index in [2.05, 4.69) is 28.7 Å². The maximum atomic E-state index is 9.53. The summed E-state index contributed by atoms with van der Waals surface area (Å²) in [4.78, 5) is 4.31. The first-order valence-electron chi connectivity index (χ1n) is 6.55. The van der Waals surface area contributed by atoms with Gasteiger partial charge in [-0.3, -0.25) is 0 Å². The first kappa shape index (κ1) is 12.6. The summed E-state index contributed by atoms with van der Waals surface area (Å²) in [6.07, 6.45) is 8.27. The Labute approximate surface area is 103 Å². The number of aromatic nitrogens is 2. The summed E-state index contributed by atoms with van der Waals surface area (Å²) in [7, 11) is 0. The van der Waals surface area contributed by atoms with Gasteiger partial charge in [-0.25, -0.2) is 4.98 Å². The summed E-state index contributed by atoms with van der Waals surface area (Å²) in [6, 6.07) is 0.626. The van der Waals surface area contributed by atoms with Crippen molar-refractivity contribution < 1.29 is 5.11 Å². The Kier molecular flexibility index (Phi) is 3.84. The van der Waals surface area contributed by atoms with Gasteiger partial charge in [-0.15, -0.1) is 0 Å². The second-order valence-corrected chi connectivity index (χ2v) is 5.28. The molecule has 1 aromatic rings. The lowest BCUT2D eigenvalue weighted by Crippen LogP contribution is -2.47. The Morgan fingerprint density at radius 2 is 2.35 bits per heavy atom. The molecule has 0 bridgehead atoms. The fourth-order valence-electron chi connectivity index (χ4n) is 2.14. The van der Waals surface area contributed by atoms with Crippen LogP contribution in [-0.4, -0.2) is 32.8 Å². The van der Waals surface area contributed by atoms with Crippen LogP contribution in [0.3, 0.4) is 0 Å². The molecule has 0 spiro atoms. The smallest absolute Gasteiger partial charge is 0.108 e. The monoisotopic (exact) mass is 237 g/mol. The predicted octanol–water partition coefficient (Wildman–Crippen LogP) is 1.34. The van der Waals surface area contributed by atoms with Crippen molar-refractivity contribution in [2.45, 2.75) is 57.7 Å². The van der Waals surface area contributed by atoms with Crippen molar-refractivity contribution in [2.24, 2.45) is 0 Å². The lowest BCUT2D eigenvalue weighted by Gasteiger charge is -2.29. The number of hydrogen-bond acceptors (Lipinski definition) is 3. The molecule has 0 radical (unpaired) electrons. The van der Waals surface area contributed by atoms with Crippen molar-refractivity contribution in [3.05, 3.63) is 18.2 Å². The zero-order chi connectivity index (χ0) is 12.3. The highest BCUT2D eigenvalue weighted by atomic mass is 16.3. The van der Waals surface area contributed by atoms with E-state index in [-0.39, 0.29) is 12.1 Å². The molecule has 1 aromatic heterocycles. The first-order valence-corrected chi connectivity index (χ1v) is 6.55. The van der Waals surface area contributed by atoms with E-state index >= 15 is 0 Å². The molecule has 4 nitrogen and oxygen atoms in total. The predicted molar refractivity (Wildman–Crippen MR) is 67.9 cm³/mol. The van der Waals surface area contributed by atoms with Crippen LogP contribution in [0.2, 0.25) is 0 Å². The van der Waals surface area contributed by atoms with Crippen molar-refractivity contribution in [3.8, 4) is 0 Å². The van der Waals surface area contributed by atoms with Crippen LogP contribution in [0, 0.1) is 0 Å². The highest BCUT2D eigenvalue weighted by Gasteiger charge is 2.31. The van der Waals surface area contributed by atoms with E-state index in [0.717, 1.165) is 25.2 Å². The molecule has 0 aliphatic heterocycles. The highest BCUT2D eigenvalue weighted by molar-refractivity contribution is 4.95. The lowest BCUT2D eigenvalue weighted by atomic mass is 9.98. The molecule has 1 fully saturated rings.